The van der Waals surface area contributed by atoms with Gasteiger partial charge < -0.3 is 14.4 Å². The monoisotopic (exact) mass is 265 g/mol. The van der Waals surface area contributed by atoms with Gasteiger partial charge in [0.25, 0.3) is 5.56 Å². The van der Waals surface area contributed by atoms with E-state index in [4.69, 9.17) is 9.47 Å². The zero-order valence-electron chi connectivity index (χ0n) is 11.3. The molecule has 3 rings (SSSR count). The highest BCUT2D eigenvalue weighted by molar-refractivity contribution is 5.43. The number of hydrogen-bond donors (Lipinski definition) is 0. The van der Waals surface area contributed by atoms with Crippen LogP contribution in [0.15, 0.2) is 17.1 Å². The van der Waals surface area contributed by atoms with E-state index in [0.717, 1.165) is 25.4 Å². The van der Waals surface area contributed by atoms with Crippen molar-refractivity contribution in [3.8, 4) is 0 Å². The van der Waals surface area contributed by atoms with Crippen LogP contribution in [-0.2, 0) is 16.0 Å². The summed E-state index contributed by atoms with van der Waals surface area (Å²) in [6.45, 7) is 7.62. The number of nitrogens with zero attached hydrogens (tertiary/aromatic N) is 3. The Balaban J connectivity index is 1.77. The maximum atomic E-state index is 12.0. The second-order valence-corrected chi connectivity index (χ2v) is 5.72. The van der Waals surface area contributed by atoms with Crippen LogP contribution in [0.2, 0.25) is 0 Å². The molecule has 0 radical (unpaired) electrons. The normalized spacial score (nSPS) is 25.4. The number of morpholine rings is 1. The first-order chi connectivity index (χ1) is 9.03. The highest BCUT2D eigenvalue weighted by Gasteiger charge is 2.28. The van der Waals surface area contributed by atoms with Gasteiger partial charge in [0.05, 0.1) is 37.2 Å². The molecule has 2 aliphatic rings. The van der Waals surface area contributed by atoms with Crippen LogP contribution in [0.1, 0.15) is 13.8 Å². The molecule has 2 saturated heterocycles. The van der Waals surface area contributed by atoms with Crippen molar-refractivity contribution in [2.45, 2.75) is 32.1 Å². The molecule has 1 aromatic rings. The summed E-state index contributed by atoms with van der Waals surface area (Å²) < 4.78 is 12.2. The summed E-state index contributed by atoms with van der Waals surface area (Å²) >= 11 is 0. The van der Waals surface area contributed by atoms with E-state index in [-0.39, 0.29) is 17.3 Å². The van der Waals surface area contributed by atoms with Crippen molar-refractivity contribution in [2.24, 2.45) is 0 Å². The van der Waals surface area contributed by atoms with E-state index in [0.29, 0.717) is 13.2 Å². The molecule has 0 N–H and O–H groups in total. The zero-order valence-corrected chi connectivity index (χ0v) is 11.3. The first-order valence-corrected chi connectivity index (χ1v) is 6.61. The molecule has 0 aromatic carbocycles. The van der Waals surface area contributed by atoms with Crippen molar-refractivity contribution in [2.75, 3.05) is 31.2 Å². The molecule has 19 heavy (non-hydrogen) atoms. The third-order valence-corrected chi connectivity index (χ3v) is 3.42. The summed E-state index contributed by atoms with van der Waals surface area (Å²) in [5.41, 5.74) is 0.612. The summed E-state index contributed by atoms with van der Waals surface area (Å²) in [5, 5.41) is 4.22. The smallest absolute Gasteiger partial charge is 0.268 e. The maximum Gasteiger partial charge on any atom is 0.268 e. The lowest BCUT2D eigenvalue weighted by molar-refractivity contribution is -0.0277. The Morgan fingerprint density at radius 3 is 2.95 bits per heavy atom. The largest absolute Gasteiger partial charge is 0.372 e. The molecule has 0 saturated carbocycles. The van der Waals surface area contributed by atoms with Gasteiger partial charge in [0, 0.05) is 19.2 Å². The molecule has 2 fully saturated rings. The molecular formula is C13H19N3O3. The Kier molecular flexibility index (Phi) is 3.06. The lowest BCUT2D eigenvalue weighted by atomic mass is 10.1. The Hall–Kier alpha value is -1.40. The van der Waals surface area contributed by atoms with E-state index in [9.17, 15) is 4.79 Å². The molecule has 0 unspecified atom stereocenters. The van der Waals surface area contributed by atoms with Crippen molar-refractivity contribution in [3.05, 3.63) is 22.6 Å². The first kappa shape index (κ1) is 12.6. The Morgan fingerprint density at radius 1 is 1.53 bits per heavy atom. The van der Waals surface area contributed by atoms with Gasteiger partial charge in [-0.1, -0.05) is 0 Å². The van der Waals surface area contributed by atoms with Gasteiger partial charge in [0.15, 0.2) is 0 Å². The van der Waals surface area contributed by atoms with E-state index in [2.05, 4.69) is 23.8 Å². The van der Waals surface area contributed by atoms with Crippen molar-refractivity contribution in [1.29, 1.82) is 0 Å². The fraction of sp³-hybridized carbons (Fsp3) is 0.692. The van der Waals surface area contributed by atoms with Gasteiger partial charge in [-0.3, -0.25) is 4.79 Å². The van der Waals surface area contributed by atoms with Gasteiger partial charge in [0.2, 0.25) is 0 Å². The van der Waals surface area contributed by atoms with Gasteiger partial charge in [-0.25, -0.2) is 4.68 Å². The Labute approximate surface area is 111 Å². The van der Waals surface area contributed by atoms with E-state index < -0.39 is 0 Å². The topological polar surface area (TPSA) is 59.9 Å². The lowest BCUT2D eigenvalue weighted by Crippen LogP contribution is -2.48. The second kappa shape index (κ2) is 4.61. The standard InChI is InChI=1S/C13H19N3O3/c1-13(2)9-15(3-4-19-13)10-5-12(17)16(14-6-10)7-11-8-18-11/h5-6,11H,3-4,7-9H2,1-2H3/t11-/m0/s1. The number of epoxide rings is 1. The van der Waals surface area contributed by atoms with Gasteiger partial charge >= 0.3 is 0 Å². The third kappa shape index (κ3) is 2.96. The van der Waals surface area contributed by atoms with Crippen LogP contribution in [0.25, 0.3) is 0 Å². The van der Waals surface area contributed by atoms with Gasteiger partial charge in [0.1, 0.15) is 6.10 Å². The number of aromatic nitrogens is 2. The lowest BCUT2D eigenvalue weighted by Gasteiger charge is -2.39. The highest BCUT2D eigenvalue weighted by atomic mass is 16.6. The van der Waals surface area contributed by atoms with Crippen molar-refractivity contribution >= 4 is 5.69 Å². The van der Waals surface area contributed by atoms with Crippen LogP contribution in [0, 0.1) is 0 Å². The predicted octanol–water partition coefficient (Wildman–Crippen LogP) is 0.257. The van der Waals surface area contributed by atoms with Crippen LogP contribution in [-0.4, -0.2) is 47.8 Å². The molecular weight excluding hydrogens is 246 g/mol. The molecule has 1 atom stereocenters. The van der Waals surface area contributed by atoms with E-state index in [1.165, 1.54) is 4.68 Å². The minimum atomic E-state index is -0.186. The number of anilines is 1. The minimum absolute atomic E-state index is 0.0719. The predicted molar refractivity (Wildman–Crippen MR) is 70.5 cm³/mol. The van der Waals surface area contributed by atoms with Crippen LogP contribution in [0.5, 0.6) is 0 Å². The maximum absolute atomic E-state index is 12.0. The molecule has 3 heterocycles. The summed E-state index contributed by atoms with van der Waals surface area (Å²) in [5.74, 6) is 0. The van der Waals surface area contributed by atoms with E-state index in [1.54, 1.807) is 12.3 Å². The second-order valence-electron chi connectivity index (χ2n) is 5.72. The van der Waals surface area contributed by atoms with Crippen molar-refractivity contribution in [3.63, 3.8) is 0 Å². The molecule has 0 amide bonds. The molecule has 0 spiro atoms. The van der Waals surface area contributed by atoms with E-state index >= 15 is 0 Å². The fourth-order valence-corrected chi connectivity index (χ4v) is 2.34. The van der Waals surface area contributed by atoms with Gasteiger partial charge in [-0.15, -0.1) is 0 Å². The molecule has 1 aromatic heterocycles. The summed E-state index contributed by atoms with van der Waals surface area (Å²) in [6, 6.07) is 1.65. The van der Waals surface area contributed by atoms with Gasteiger partial charge in [-0.05, 0) is 13.8 Å². The summed E-state index contributed by atoms with van der Waals surface area (Å²) in [6.07, 6.45) is 1.92. The molecule has 0 aliphatic carbocycles. The van der Waals surface area contributed by atoms with Crippen LogP contribution < -0.4 is 10.5 Å². The van der Waals surface area contributed by atoms with Crippen molar-refractivity contribution in [1.82, 2.24) is 9.78 Å². The van der Waals surface area contributed by atoms with Crippen molar-refractivity contribution < 1.29 is 9.47 Å². The molecule has 2 aliphatic heterocycles. The molecule has 6 heteroatoms. The Bertz CT molecular complexity index is 522. The molecule has 6 nitrogen and oxygen atoms in total. The molecule has 0 bridgehead atoms. The highest BCUT2D eigenvalue weighted by Crippen LogP contribution is 2.21. The van der Waals surface area contributed by atoms with Crippen LogP contribution >= 0.6 is 0 Å². The molecule has 104 valence electrons. The Morgan fingerprint density at radius 2 is 2.32 bits per heavy atom. The van der Waals surface area contributed by atoms with Crippen LogP contribution in [0.4, 0.5) is 5.69 Å². The number of hydrogen-bond acceptors (Lipinski definition) is 5. The van der Waals surface area contributed by atoms with Gasteiger partial charge in [-0.2, -0.15) is 5.10 Å². The quantitative estimate of drug-likeness (QED) is 0.734. The van der Waals surface area contributed by atoms with E-state index in [1.807, 2.05) is 0 Å². The SMILES string of the molecule is CC1(C)CN(c2cnn(C[C@H]3CO3)c(=O)c2)CCO1. The average molecular weight is 265 g/mol. The number of ether oxygens (including phenoxy) is 2. The minimum Gasteiger partial charge on any atom is -0.372 e. The summed E-state index contributed by atoms with van der Waals surface area (Å²) in [4.78, 5) is 14.1. The third-order valence-electron chi connectivity index (χ3n) is 3.42. The summed E-state index contributed by atoms with van der Waals surface area (Å²) in [7, 11) is 0. The van der Waals surface area contributed by atoms with Crippen LogP contribution in [0.3, 0.4) is 0 Å². The first-order valence-electron chi connectivity index (χ1n) is 6.61. The number of rotatable bonds is 3. The zero-order chi connectivity index (χ0) is 13.5. The fourth-order valence-electron chi connectivity index (χ4n) is 2.34. The average Bonchev–Trinajstić information content (AvgIpc) is 3.14.